The first-order chi connectivity index (χ1) is 10.4. The fourth-order valence-electron chi connectivity index (χ4n) is 2.13. The van der Waals surface area contributed by atoms with E-state index in [1.807, 2.05) is 0 Å². The minimum atomic E-state index is -3.56. The first-order valence-electron chi connectivity index (χ1n) is 6.70. The number of rotatable bonds is 7. The number of hydrogen-bond acceptors (Lipinski definition) is 4. The molecule has 2 N–H and O–H groups in total. The van der Waals surface area contributed by atoms with Gasteiger partial charge in [-0.3, -0.25) is 0 Å². The van der Waals surface area contributed by atoms with Gasteiger partial charge in [-0.1, -0.05) is 12.1 Å². The van der Waals surface area contributed by atoms with Gasteiger partial charge in [0, 0.05) is 12.5 Å². The van der Waals surface area contributed by atoms with Crippen LogP contribution < -0.4 is 4.72 Å². The Balaban J connectivity index is 2.01. The Morgan fingerprint density at radius 1 is 1.32 bits per heavy atom. The molecule has 2 aromatic rings. The number of hydrogen-bond donors (Lipinski definition) is 2. The molecule has 22 heavy (non-hydrogen) atoms. The van der Waals surface area contributed by atoms with E-state index in [0.29, 0.717) is 17.7 Å². The lowest BCUT2D eigenvalue weighted by Crippen LogP contribution is -2.34. The lowest BCUT2D eigenvalue weighted by molar-refractivity contribution is 0.0696. The molecule has 0 aliphatic carbocycles. The lowest BCUT2D eigenvalue weighted by Gasteiger charge is -2.13. The third kappa shape index (κ3) is 4.71. The van der Waals surface area contributed by atoms with Crippen molar-refractivity contribution in [3.8, 4) is 0 Å². The van der Waals surface area contributed by atoms with E-state index in [1.54, 1.807) is 25.1 Å². The standard InChI is InChI=1S/C15H17NO5S/c1-11(8-14-6-3-7-21-14)16-22(19,20)10-12-4-2-5-13(9-12)15(17)18/h2-7,9,11,16H,8,10H2,1H3,(H,17,18). The minimum absolute atomic E-state index is 0.0661. The van der Waals surface area contributed by atoms with Crippen molar-refractivity contribution in [2.24, 2.45) is 0 Å². The van der Waals surface area contributed by atoms with E-state index >= 15 is 0 Å². The molecule has 1 unspecified atom stereocenters. The highest BCUT2D eigenvalue weighted by molar-refractivity contribution is 7.88. The van der Waals surface area contributed by atoms with Crippen LogP contribution in [0.4, 0.5) is 0 Å². The molecule has 0 bridgehead atoms. The van der Waals surface area contributed by atoms with Crippen molar-refractivity contribution >= 4 is 16.0 Å². The Hall–Kier alpha value is -2.12. The third-order valence-corrected chi connectivity index (χ3v) is 4.47. The average Bonchev–Trinajstić information content (AvgIpc) is 2.90. The highest BCUT2D eigenvalue weighted by Crippen LogP contribution is 2.10. The van der Waals surface area contributed by atoms with E-state index in [1.165, 1.54) is 24.5 Å². The van der Waals surface area contributed by atoms with Gasteiger partial charge in [-0.2, -0.15) is 0 Å². The van der Waals surface area contributed by atoms with Crippen molar-refractivity contribution < 1.29 is 22.7 Å². The van der Waals surface area contributed by atoms with Crippen LogP contribution in [0.15, 0.2) is 47.1 Å². The minimum Gasteiger partial charge on any atom is -0.478 e. The molecule has 0 spiro atoms. The van der Waals surface area contributed by atoms with Gasteiger partial charge in [0.2, 0.25) is 10.0 Å². The number of nitrogens with one attached hydrogen (secondary N) is 1. The molecule has 0 fully saturated rings. The van der Waals surface area contributed by atoms with Crippen LogP contribution in [0.25, 0.3) is 0 Å². The first kappa shape index (κ1) is 16.3. The summed E-state index contributed by atoms with van der Waals surface area (Å²) in [6.07, 6.45) is 1.98. The number of sulfonamides is 1. The van der Waals surface area contributed by atoms with Crippen LogP contribution in [0.5, 0.6) is 0 Å². The second-order valence-corrected chi connectivity index (χ2v) is 6.82. The summed E-state index contributed by atoms with van der Waals surface area (Å²) in [4.78, 5) is 10.9. The van der Waals surface area contributed by atoms with Crippen LogP contribution in [-0.4, -0.2) is 25.5 Å². The van der Waals surface area contributed by atoms with Crippen LogP contribution in [0, 0.1) is 0 Å². The van der Waals surface area contributed by atoms with Crippen molar-refractivity contribution in [2.45, 2.75) is 25.1 Å². The molecule has 7 heteroatoms. The number of carboxylic acid groups (broad SMARTS) is 1. The van der Waals surface area contributed by atoms with Crippen LogP contribution in [0.2, 0.25) is 0 Å². The molecule has 0 amide bonds. The van der Waals surface area contributed by atoms with Crippen LogP contribution >= 0.6 is 0 Å². The Morgan fingerprint density at radius 3 is 2.73 bits per heavy atom. The molecule has 0 radical (unpaired) electrons. The van der Waals surface area contributed by atoms with Gasteiger partial charge in [-0.05, 0) is 36.8 Å². The maximum atomic E-state index is 12.1. The van der Waals surface area contributed by atoms with Crippen LogP contribution in [-0.2, 0) is 22.2 Å². The zero-order valence-electron chi connectivity index (χ0n) is 12.0. The van der Waals surface area contributed by atoms with E-state index < -0.39 is 16.0 Å². The zero-order chi connectivity index (χ0) is 16.2. The molecule has 0 aliphatic heterocycles. The molecule has 2 rings (SSSR count). The van der Waals surface area contributed by atoms with E-state index in [9.17, 15) is 13.2 Å². The molecule has 0 saturated heterocycles. The van der Waals surface area contributed by atoms with Crippen LogP contribution in [0.3, 0.4) is 0 Å². The largest absolute Gasteiger partial charge is 0.478 e. The van der Waals surface area contributed by atoms with Crippen molar-refractivity contribution in [3.05, 3.63) is 59.5 Å². The van der Waals surface area contributed by atoms with Gasteiger partial charge in [-0.25, -0.2) is 17.9 Å². The maximum Gasteiger partial charge on any atom is 0.335 e. The lowest BCUT2D eigenvalue weighted by atomic mass is 10.1. The topological polar surface area (TPSA) is 96.6 Å². The van der Waals surface area contributed by atoms with Gasteiger partial charge in [0.05, 0.1) is 17.6 Å². The molecular weight excluding hydrogens is 306 g/mol. The molecule has 1 aromatic carbocycles. The Morgan fingerprint density at radius 2 is 2.09 bits per heavy atom. The second kappa shape index (κ2) is 6.76. The zero-order valence-corrected chi connectivity index (χ0v) is 12.8. The first-order valence-corrected chi connectivity index (χ1v) is 8.35. The van der Waals surface area contributed by atoms with Gasteiger partial charge in [0.15, 0.2) is 0 Å². The van der Waals surface area contributed by atoms with Crippen molar-refractivity contribution in [1.82, 2.24) is 4.72 Å². The number of furan rings is 1. The number of benzene rings is 1. The van der Waals surface area contributed by atoms with Gasteiger partial charge >= 0.3 is 5.97 Å². The highest BCUT2D eigenvalue weighted by atomic mass is 32.2. The fraction of sp³-hybridized carbons (Fsp3) is 0.267. The van der Waals surface area contributed by atoms with Crippen LogP contribution in [0.1, 0.15) is 28.6 Å². The molecule has 6 nitrogen and oxygen atoms in total. The molecule has 1 aromatic heterocycles. The summed E-state index contributed by atoms with van der Waals surface area (Å²) in [5, 5.41) is 8.92. The molecule has 118 valence electrons. The fourth-order valence-corrected chi connectivity index (χ4v) is 3.53. The Bertz CT molecular complexity index is 737. The van der Waals surface area contributed by atoms with Crippen molar-refractivity contribution in [3.63, 3.8) is 0 Å². The van der Waals surface area contributed by atoms with E-state index in [4.69, 9.17) is 9.52 Å². The summed E-state index contributed by atoms with van der Waals surface area (Å²) in [7, 11) is -3.56. The van der Waals surface area contributed by atoms with Crippen molar-refractivity contribution in [2.75, 3.05) is 0 Å². The van der Waals surface area contributed by atoms with Gasteiger partial charge in [-0.15, -0.1) is 0 Å². The van der Waals surface area contributed by atoms with E-state index in [-0.39, 0.29) is 17.4 Å². The number of aromatic carboxylic acids is 1. The smallest absolute Gasteiger partial charge is 0.335 e. The van der Waals surface area contributed by atoms with E-state index in [2.05, 4.69) is 4.72 Å². The van der Waals surface area contributed by atoms with Gasteiger partial charge in [0.1, 0.15) is 5.76 Å². The molecule has 1 atom stereocenters. The summed E-state index contributed by atoms with van der Waals surface area (Å²) < 4.78 is 32.0. The maximum absolute atomic E-state index is 12.1. The quantitative estimate of drug-likeness (QED) is 0.812. The SMILES string of the molecule is CC(Cc1ccco1)NS(=O)(=O)Cc1cccc(C(=O)O)c1. The summed E-state index contributed by atoms with van der Waals surface area (Å²) in [6, 6.07) is 9.10. The van der Waals surface area contributed by atoms with Crippen molar-refractivity contribution in [1.29, 1.82) is 0 Å². The molecule has 0 aliphatic rings. The third-order valence-electron chi connectivity index (χ3n) is 3.00. The number of carboxylic acids is 1. The summed E-state index contributed by atoms with van der Waals surface area (Å²) >= 11 is 0. The van der Waals surface area contributed by atoms with Gasteiger partial charge in [0.25, 0.3) is 0 Å². The molecule has 1 heterocycles. The predicted octanol–water partition coefficient (Wildman–Crippen LogP) is 2.03. The van der Waals surface area contributed by atoms with Gasteiger partial charge < -0.3 is 9.52 Å². The normalized spacial score (nSPS) is 13.0. The molecular formula is C15H17NO5S. The summed E-state index contributed by atoms with van der Waals surface area (Å²) in [5.74, 6) is -0.655. The number of carbonyl (C=O) groups is 1. The second-order valence-electron chi connectivity index (χ2n) is 5.07. The van der Waals surface area contributed by atoms with E-state index in [0.717, 1.165) is 0 Å². The monoisotopic (exact) mass is 323 g/mol. The summed E-state index contributed by atoms with van der Waals surface area (Å²) in [5.41, 5.74) is 0.494. The Kier molecular flexibility index (Phi) is 4.99. The molecule has 0 saturated carbocycles. The Labute approximate surface area is 128 Å². The highest BCUT2D eigenvalue weighted by Gasteiger charge is 2.17. The summed E-state index contributed by atoms with van der Waals surface area (Å²) in [6.45, 7) is 1.74. The predicted molar refractivity (Wildman–Crippen MR) is 81.0 cm³/mol. The average molecular weight is 323 g/mol.